The Morgan fingerprint density at radius 3 is 2.15 bits per heavy atom. The molecule has 0 bridgehead atoms. The first-order chi connectivity index (χ1) is 9.18. The number of rotatable bonds is 2. The zero-order valence-corrected chi connectivity index (χ0v) is 12.9. The molecule has 2 rings (SSSR count). The maximum Gasteiger partial charge on any atom is 0.494 e. The van der Waals surface area contributed by atoms with E-state index in [1.807, 2.05) is 46.8 Å². The van der Waals surface area contributed by atoms with Gasteiger partial charge >= 0.3 is 13.1 Å². The quantitative estimate of drug-likeness (QED) is 0.613. The number of carbonyl (C=O) groups is 1. The van der Waals surface area contributed by atoms with Crippen LogP contribution in [0.4, 0.5) is 0 Å². The molecule has 1 aromatic rings. The van der Waals surface area contributed by atoms with E-state index in [4.69, 9.17) is 14.0 Å². The molecule has 20 heavy (non-hydrogen) atoms. The van der Waals surface area contributed by atoms with Gasteiger partial charge in [0.15, 0.2) is 0 Å². The topological polar surface area (TPSA) is 44.8 Å². The molecule has 108 valence electrons. The van der Waals surface area contributed by atoms with Crippen molar-refractivity contribution < 1.29 is 18.8 Å². The van der Waals surface area contributed by atoms with Crippen LogP contribution < -0.4 is 5.46 Å². The first-order valence-corrected chi connectivity index (χ1v) is 6.72. The lowest BCUT2D eigenvalue weighted by Gasteiger charge is -2.32. The molecule has 0 atom stereocenters. The fraction of sp³-hybridized carbons (Fsp3) is 0.533. The Bertz CT molecular complexity index is 521. The van der Waals surface area contributed by atoms with E-state index in [-0.39, 0.29) is 17.2 Å². The third-order valence-electron chi connectivity index (χ3n) is 4.18. The van der Waals surface area contributed by atoms with E-state index in [0.29, 0.717) is 5.56 Å². The van der Waals surface area contributed by atoms with E-state index in [9.17, 15) is 4.79 Å². The summed E-state index contributed by atoms with van der Waals surface area (Å²) in [5, 5.41) is 0. The Balaban J connectivity index is 2.28. The summed E-state index contributed by atoms with van der Waals surface area (Å²) in [6.07, 6.45) is 0. The van der Waals surface area contributed by atoms with Gasteiger partial charge < -0.3 is 14.0 Å². The van der Waals surface area contributed by atoms with Crippen LogP contribution in [-0.2, 0) is 14.0 Å². The fourth-order valence-corrected chi connectivity index (χ4v) is 2.15. The van der Waals surface area contributed by atoms with Gasteiger partial charge in [-0.15, -0.1) is 0 Å². The summed E-state index contributed by atoms with van der Waals surface area (Å²) in [4.78, 5) is 11.6. The van der Waals surface area contributed by atoms with Crippen molar-refractivity contribution >= 4 is 18.6 Å². The molecule has 0 saturated carbocycles. The molecule has 0 spiro atoms. The predicted molar refractivity (Wildman–Crippen MR) is 78.2 cm³/mol. The summed E-state index contributed by atoms with van der Waals surface area (Å²) in [5.74, 6) is -0.331. The maximum absolute atomic E-state index is 11.6. The Morgan fingerprint density at radius 1 is 1.15 bits per heavy atom. The number of hydrogen-bond acceptors (Lipinski definition) is 4. The summed E-state index contributed by atoms with van der Waals surface area (Å²) >= 11 is 0. The first kappa shape index (κ1) is 15.1. The molecular weight excluding hydrogens is 255 g/mol. The van der Waals surface area contributed by atoms with Crippen molar-refractivity contribution in [1.82, 2.24) is 0 Å². The van der Waals surface area contributed by atoms with Crippen LogP contribution in [0.1, 0.15) is 43.6 Å². The van der Waals surface area contributed by atoms with Crippen molar-refractivity contribution in [3.8, 4) is 0 Å². The highest BCUT2D eigenvalue weighted by Crippen LogP contribution is 2.36. The van der Waals surface area contributed by atoms with Gasteiger partial charge in [-0.2, -0.15) is 0 Å². The number of aryl methyl sites for hydroxylation is 1. The Kier molecular flexibility index (Phi) is 3.69. The van der Waals surface area contributed by atoms with E-state index in [0.717, 1.165) is 11.0 Å². The van der Waals surface area contributed by atoms with Crippen molar-refractivity contribution in [3.63, 3.8) is 0 Å². The second-order valence-electron chi connectivity index (χ2n) is 6.15. The average molecular weight is 276 g/mol. The van der Waals surface area contributed by atoms with Crippen LogP contribution in [0, 0.1) is 6.92 Å². The lowest BCUT2D eigenvalue weighted by molar-refractivity contribution is 0.00578. The normalized spacial score (nSPS) is 20.0. The number of esters is 1. The van der Waals surface area contributed by atoms with Crippen LogP contribution in [0.3, 0.4) is 0 Å². The van der Waals surface area contributed by atoms with Gasteiger partial charge in [0.1, 0.15) is 0 Å². The predicted octanol–water partition coefficient (Wildman–Crippen LogP) is 2.08. The van der Waals surface area contributed by atoms with Gasteiger partial charge in [0, 0.05) is 0 Å². The van der Waals surface area contributed by atoms with Crippen molar-refractivity contribution in [3.05, 3.63) is 29.3 Å². The van der Waals surface area contributed by atoms with Crippen molar-refractivity contribution in [1.29, 1.82) is 0 Å². The molecule has 1 aliphatic heterocycles. The molecule has 5 heteroatoms. The van der Waals surface area contributed by atoms with Crippen LogP contribution in [0.2, 0.25) is 0 Å². The maximum atomic E-state index is 11.6. The SMILES string of the molecule is COC(=O)c1ccc(B2OC(C)(C)C(C)(C)O2)cc1C. The monoisotopic (exact) mass is 276 g/mol. The fourth-order valence-electron chi connectivity index (χ4n) is 2.15. The molecule has 0 aromatic heterocycles. The third kappa shape index (κ3) is 2.48. The highest BCUT2D eigenvalue weighted by atomic mass is 16.7. The summed E-state index contributed by atoms with van der Waals surface area (Å²) < 4.78 is 16.7. The summed E-state index contributed by atoms with van der Waals surface area (Å²) in [6, 6.07) is 5.51. The molecule has 1 aromatic carbocycles. The third-order valence-corrected chi connectivity index (χ3v) is 4.18. The van der Waals surface area contributed by atoms with E-state index < -0.39 is 7.12 Å². The Hall–Kier alpha value is -1.33. The van der Waals surface area contributed by atoms with Crippen molar-refractivity contribution in [2.45, 2.75) is 45.8 Å². The van der Waals surface area contributed by atoms with Crippen LogP contribution >= 0.6 is 0 Å². The molecule has 0 N–H and O–H groups in total. The minimum Gasteiger partial charge on any atom is -0.465 e. The Morgan fingerprint density at radius 2 is 1.70 bits per heavy atom. The highest BCUT2D eigenvalue weighted by Gasteiger charge is 2.51. The van der Waals surface area contributed by atoms with Gasteiger partial charge in [0.25, 0.3) is 0 Å². The lowest BCUT2D eigenvalue weighted by atomic mass is 9.78. The Labute approximate surface area is 120 Å². The second kappa shape index (κ2) is 4.90. The smallest absolute Gasteiger partial charge is 0.465 e. The van der Waals surface area contributed by atoms with Crippen LogP contribution in [0.5, 0.6) is 0 Å². The molecule has 0 unspecified atom stereocenters. The number of carbonyl (C=O) groups excluding carboxylic acids is 1. The standard InChI is InChI=1S/C15H21BO4/c1-10-9-11(7-8-12(10)13(17)18-6)16-19-14(2,3)15(4,5)20-16/h7-9H,1-6H3. The van der Waals surface area contributed by atoms with E-state index in [2.05, 4.69) is 0 Å². The molecule has 1 saturated heterocycles. The second-order valence-corrected chi connectivity index (χ2v) is 6.15. The summed E-state index contributed by atoms with van der Waals surface area (Å²) in [6.45, 7) is 9.94. The molecular formula is C15H21BO4. The van der Waals surface area contributed by atoms with Gasteiger partial charge in [0.2, 0.25) is 0 Å². The number of benzene rings is 1. The zero-order chi connectivity index (χ0) is 15.1. The number of methoxy groups -OCH3 is 1. The van der Waals surface area contributed by atoms with Gasteiger partial charge in [-0.3, -0.25) is 0 Å². The van der Waals surface area contributed by atoms with Gasteiger partial charge in [0.05, 0.1) is 23.9 Å². The molecule has 0 radical (unpaired) electrons. The molecule has 0 amide bonds. The van der Waals surface area contributed by atoms with E-state index in [1.165, 1.54) is 7.11 Å². The molecule has 0 aliphatic carbocycles. The van der Waals surface area contributed by atoms with Crippen LogP contribution in [0.15, 0.2) is 18.2 Å². The van der Waals surface area contributed by atoms with E-state index >= 15 is 0 Å². The molecule has 1 fully saturated rings. The van der Waals surface area contributed by atoms with Crippen molar-refractivity contribution in [2.24, 2.45) is 0 Å². The minimum atomic E-state index is -0.412. The minimum absolute atomic E-state index is 0.331. The van der Waals surface area contributed by atoms with Crippen LogP contribution in [-0.4, -0.2) is 31.4 Å². The summed E-state index contributed by atoms with van der Waals surface area (Å²) in [5.41, 5.74) is 1.59. The van der Waals surface area contributed by atoms with Gasteiger partial charge in [-0.1, -0.05) is 12.1 Å². The molecule has 1 heterocycles. The number of hydrogen-bond donors (Lipinski definition) is 0. The highest BCUT2D eigenvalue weighted by molar-refractivity contribution is 6.62. The first-order valence-electron chi connectivity index (χ1n) is 6.72. The lowest BCUT2D eigenvalue weighted by Crippen LogP contribution is -2.41. The zero-order valence-electron chi connectivity index (χ0n) is 12.9. The van der Waals surface area contributed by atoms with Gasteiger partial charge in [-0.05, 0) is 51.7 Å². The van der Waals surface area contributed by atoms with E-state index in [1.54, 1.807) is 6.07 Å². The largest absolute Gasteiger partial charge is 0.494 e. The molecule has 1 aliphatic rings. The van der Waals surface area contributed by atoms with Gasteiger partial charge in [-0.25, -0.2) is 4.79 Å². The van der Waals surface area contributed by atoms with Crippen molar-refractivity contribution in [2.75, 3.05) is 7.11 Å². The van der Waals surface area contributed by atoms with Crippen LogP contribution in [0.25, 0.3) is 0 Å². The average Bonchev–Trinajstić information content (AvgIpc) is 2.57. The number of ether oxygens (including phenoxy) is 1. The molecule has 4 nitrogen and oxygen atoms in total. The summed E-state index contributed by atoms with van der Waals surface area (Å²) in [7, 11) is 0.967.